The number of aromatic hydroxyl groups is 1. The molecule has 0 unspecified atom stereocenters. The lowest BCUT2D eigenvalue weighted by atomic mass is 9.82. The second-order valence-electron chi connectivity index (χ2n) is 18.2. The Bertz CT molecular complexity index is 3440. The van der Waals surface area contributed by atoms with E-state index < -0.39 is 25.0 Å². The summed E-state index contributed by atoms with van der Waals surface area (Å²) >= 11 is 0. The third-order valence-corrected chi connectivity index (χ3v) is 16.2. The topological polar surface area (TPSA) is 208 Å². The number of aromatic nitrogens is 3. The van der Waals surface area contributed by atoms with E-state index in [9.17, 15) is 31.3 Å². The molecular formula is C50H51N7O9S2. The molecule has 0 saturated heterocycles. The number of carbonyl (C=O) groups excluding carboxylic acids is 1. The molecular weight excluding hydrogens is 907 g/mol. The van der Waals surface area contributed by atoms with Gasteiger partial charge < -0.3 is 29.3 Å². The molecule has 6 aromatic rings. The summed E-state index contributed by atoms with van der Waals surface area (Å²) in [5, 5.41) is 14.9. The van der Waals surface area contributed by atoms with Crippen molar-refractivity contribution in [3.05, 3.63) is 117 Å². The van der Waals surface area contributed by atoms with Gasteiger partial charge in [-0.1, -0.05) is 6.07 Å². The van der Waals surface area contributed by atoms with Crippen LogP contribution in [0, 0.1) is 6.92 Å². The largest absolute Gasteiger partial charge is 0.744 e. The predicted octanol–water partition coefficient (Wildman–Crippen LogP) is 4.00. The minimum atomic E-state index is -5.22. The minimum absolute atomic E-state index is 0.0267. The Morgan fingerprint density at radius 2 is 1.66 bits per heavy atom. The van der Waals surface area contributed by atoms with Crippen LogP contribution in [0.15, 0.2) is 76.8 Å². The number of sulfonamides is 1. The van der Waals surface area contributed by atoms with Crippen LogP contribution >= 0.6 is 0 Å². The number of amides is 1. The Hall–Kier alpha value is -6.34. The summed E-state index contributed by atoms with van der Waals surface area (Å²) in [6, 6.07) is 15.2. The van der Waals surface area contributed by atoms with Crippen LogP contribution in [0.3, 0.4) is 0 Å². The first-order valence-corrected chi connectivity index (χ1v) is 26.3. The molecule has 7 heterocycles. The zero-order valence-corrected chi connectivity index (χ0v) is 39.3. The lowest BCUT2D eigenvalue weighted by molar-refractivity contribution is -0.121. The van der Waals surface area contributed by atoms with Crippen molar-refractivity contribution in [1.29, 1.82) is 0 Å². The van der Waals surface area contributed by atoms with Crippen molar-refractivity contribution in [2.75, 3.05) is 50.8 Å². The molecule has 0 saturated carbocycles. The minimum Gasteiger partial charge on any atom is -0.744 e. The van der Waals surface area contributed by atoms with Crippen molar-refractivity contribution in [2.45, 2.75) is 80.9 Å². The number of imidazole rings is 1. The van der Waals surface area contributed by atoms with Gasteiger partial charge in [-0.3, -0.25) is 14.2 Å². The maximum absolute atomic E-state index is 13.7. The molecule has 0 radical (unpaired) electrons. The first kappa shape index (κ1) is 44.2. The number of nitrogens with one attached hydrogen (secondary N) is 2. The summed E-state index contributed by atoms with van der Waals surface area (Å²) in [6.45, 7) is 5.62. The summed E-state index contributed by atoms with van der Waals surface area (Å²) in [5.41, 5.74) is 9.66. The van der Waals surface area contributed by atoms with Crippen LogP contribution in [-0.2, 0) is 50.6 Å². The monoisotopic (exact) mass is 957 g/mol. The predicted molar refractivity (Wildman–Crippen MR) is 252 cm³/mol. The van der Waals surface area contributed by atoms with Gasteiger partial charge in [0, 0.05) is 95.9 Å². The van der Waals surface area contributed by atoms with Crippen LogP contribution < -0.4 is 39.6 Å². The van der Waals surface area contributed by atoms with Crippen molar-refractivity contribution >= 4 is 43.0 Å². The number of nitrogens with zero attached hydrogens (tertiary/aromatic N) is 5. The molecule has 18 heteroatoms. The third kappa shape index (κ3) is 7.95. The Morgan fingerprint density at radius 3 is 2.47 bits per heavy atom. The van der Waals surface area contributed by atoms with Crippen LogP contribution in [0.25, 0.3) is 22.5 Å². The van der Waals surface area contributed by atoms with E-state index in [0.717, 1.165) is 122 Å². The molecule has 1 amide bonds. The summed E-state index contributed by atoms with van der Waals surface area (Å²) in [6.07, 6.45) is 11.0. The molecule has 352 valence electrons. The third-order valence-electron chi connectivity index (χ3n) is 13.8. The highest BCUT2D eigenvalue weighted by molar-refractivity contribution is 7.89. The molecule has 3 N–H and O–H groups in total. The van der Waals surface area contributed by atoms with Gasteiger partial charge in [0.05, 0.1) is 33.9 Å². The average Bonchev–Trinajstić information content (AvgIpc) is 3.62. The van der Waals surface area contributed by atoms with Crippen LogP contribution in [0.4, 0.5) is 5.69 Å². The Kier molecular flexibility index (Phi) is 11.3. The molecule has 0 atom stereocenters. The van der Waals surface area contributed by atoms with Crippen molar-refractivity contribution in [3.63, 3.8) is 0 Å². The highest BCUT2D eigenvalue weighted by atomic mass is 32.2. The lowest BCUT2D eigenvalue weighted by Crippen LogP contribution is -2.45. The van der Waals surface area contributed by atoms with Gasteiger partial charge in [-0.2, -0.15) is 0 Å². The number of benzene rings is 4. The summed E-state index contributed by atoms with van der Waals surface area (Å²) < 4.78 is 86.9. The molecule has 4 aromatic carbocycles. The van der Waals surface area contributed by atoms with Crippen molar-refractivity contribution in [3.8, 4) is 34.4 Å². The molecule has 16 nitrogen and oxygen atoms in total. The van der Waals surface area contributed by atoms with Gasteiger partial charge in [0.15, 0.2) is 5.65 Å². The molecule has 0 aliphatic carbocycles. The van der Waals surface area contributed by atoms with Gasteiger partial charge >= 0.3 is 0 Å². The number of hydrogen-bond donors (Lipinski definition) is 3. The van der Waals surface area contributed by atoms with Gasteiger partial charge in [-0.05, 0) is 106 Å². The quantitative estimate of drug-likeness (QED) is 0.0852. The van der Waals surface area contributed by atoms with Gasteiger partial charge in [0.25, 0.3) is 0 Å². The standard InChI is InChI=1S/C50H51N7O9S2/c1-30-50(59)57-29-41(52-28-43(57)54-30)31-12-14-34(15-13-31)65-24-6-11-44(58)51-18-19-53-67(60,61)35-16-17-36(42(27-35)68(62,63)64)45-39-25-32-7-2-20-55-22-4-9-37(46(32)55)48(39)66-49-38-10-5-23-56-21-3-8-33(47(38)56)26-40(45)49/h12-17,25-29,53H,2-11,18-24H2,1H3,(H2-,51,52,58,59,62,63,64). The van der Waals surface area contributed by atoms with Crippen LogP contribution in [0.2, 0.25) is 0 Å². The maximum Gasteiger partial charge on any atom is 0.240 e. The fraction of sp³-hybridized carbons (Fsp3) is 0.360. The number of ether oxygens (including phenoxy) is 2. The van der Waals surface area contributed by atoms with Gasteiger partial charge in [-0.25, -0.2) is 31.1 Å². The molecule has 68 heavy (non-hydrogen) atoms. The second kappa shape index (κ2) is 17.3. The molecule has 11 rings (SSSR count). The molecule has 0 bridgehead atoms. The summed E-state index contributed by atoms with van der Waals surface area (Å²) in [5.74, 6) is 1.74. The van der Waals surface area contributed by atoms with Crippen LogP contribution in [0.5, 0.6) is 23.1 Å². The van der Waals surface area contributed by atoms with E-state index >= 15 is 0 Å². The first-order chi connectivity index (χ1) is 32.8. The normalized spacial score (nSPS) is 16.1. The highest BCUT2D eigenvalue weighted by Crippen LogP contribution is 2.49. The fourth-order valence-electron chi connectivity index (χ4n) is 10.8. The Labute approximate surface area is 393 Å². The van der Waals surface area contributed by atoms with E-state index in [4.69, 9.17) is 9.47 Å². The van der Waals surface area contributed by atoms with Gasteiger partial charge in [0.2, 0.25) is 27.2 Å². The van der Waals surface area contributed by atoms with Crippen LogP contribution in [0.1, 0.15) is 77.6 Å². The average molecular weight is 958 g/mol. The highest BCUT2D eigenvalue weighted by Gasteiger charge is 2.37. The van der Waals surface area contributed by atoms with E-state index in [-0.39, 0.29) is 48.4 Å². The summed E-state index contributed by atoms with van der Waals surface area (Å²) in [7, 11) is -9.54. The number of carbonyl (C=O) groups is 1. The molecule has 5 aliphatic rings. The molecule has 0 fully saturated rings. The van der Waals surface area contributed by atoms with Gasteiger partial charge in [0.1, 0.15) is 46.2 Å². The number of aryl methyl sites for hydroxylation is 3. The smallest absolute Gasteiger partial charge is 0.240 e. The number of anilines is 1. The number of rotatable bonds is 13. The van der Waals surface area contributed by atoms with E-state index in [1.54, 1.807) is 35.9 Å². The fourth-order valence-corrected chi connectivity index (χ4v) is 12.6. The zero-order chi connectivity index (χ0) is 46.9. The summed E-state index contributed by atoms with van der Waals surface area (Å²) in [4.78, 5) is 22.8. The molecule has 2 aromatic heterocycles. The first-order valence-electron chi connectivity index (χ1n) is 23.4. The van der Waals surface area contributed by atoms with Gasteiger partial charge in [-0.15, -0.1) is 0 Å². The van der Waals surface area contributed by atoms with Crippen LogP contribution in [-0.4, -0.2) is 92.6 Å². The SMILES string of the molecule is Cc1nc2cnc(-c3ccc(OCCCC(=O)NCCNS(=O)(=O)c4ccc(C5=c6cc7c8c(c6Oc6c5cc5c9c6CCCN9CCC5)CCC[N+]=8CCC7)c(S(=O)(=O)[O-])c4)cc3)cn2c1O. The molecule has 5 aliphatic heterocycles. The van der Waals surface area contributed by atoms with Crippen molar-refractivity contribution in [1.82, 2.24) is 29.0 Å². The van der Waals surface area contributed by atoms with E-state index in [1.165, 1.54) is 23.2 Å². The Morgan fingerprint density at radius 1 is 0.897 bits per heavy atom. The van der Waals surface area contributed by atoms with Crippen molar-refractivity contribution < 1.29 is 40.8 Å². The number of fused-ring (bicyclic) bond motifs is 5. The molecule has 0 spiro atoms. The van der Waals surface area contributed by atoms with Crippen molar-refractivity contribution in [2.24, 2.45) is 0 Å². The second-order valence-corrected chi connectivity index (χ2v) is 21.3. The number of hydrogen-bond acceptors (Lipinski definition) is 12. The maximum atomic E-state index is 13.7. The van der Waals surface area contributed by atoms with E-state index in [2.05, 4.69) is 41.6 Å². The van der Waals surface area contributed by atoms with E-state index in [0.29, 0.717) is 46.3 Å². The lowest BCUT2D eigenvalue weighted by Gasteiger charge is -2.39. The Balaban J connectivity index is 0.795. The zero-order valence-electron chi connectivity index (χ0n) is 37.6. The van der Waals surface area contributed by atoms with E-state index in [1.807, 2.05) is 12.1 Å².